The summed E-state index contributed by atoms with van der Waals surface area (Å²) in [5.41, 5.74) is 5.64. The number of rotatable bonds is 5. The Hall–Kier alpha value is -1.23. The zero-order chi connectivity index (χ0) is 9.68. The van der Waals surface area contributed by atoms with Gasteiger partial charge < -0.3 is 20.8 Å². The Bertz CT molecular complexity index is 259. The fourth-order valence-corrected chi connectivity index (χ4v) is 1.07. The molecule has 0 spiro atoms. The number of aryl methyl sites for hydroxylation is 1. The number of ether oxygens (including phenoxy) is 1. The van der Waals surface area contributed by atoms with Crippen molar-refractivity contribution in [3.05, 3.63) is 5.82 Å². The van der Waals surface area contributed by atoms with Gasteiger partial charge in [-0.15, -0.1) is 0 Å². The molecule has 0 unspecified atom stereocenters. The minimum absolute atomic E-state index is 0.593. The van der Waals surface area contributed by atoms with Gasteiger partial charge in [-0.05, 0) is 13.3 Å². The Morgan fingerprint density at radius 1 is 1.62 bits per heavy atom. The van der Waals surface area contributed by atoms with Gasteiger partial charge >= 0.3 is 0 Å². The predicted octanol–water partition coefficient (Wildman–Crippen LogP) is 0.749. The maximum atomic E-state index is 5.64. The Morgan fingerprint density at radius 2 is 2.38 bits per heavy atom. The van der Waals surface area contributed by atoms with E-state index in [-0.39, 0.29) is 0 Å². The van der Waals surface area contributed by atoms with Crippen LogP contribution in [0.5, 0.6) is 0 Å². The number of nitrogen functional groups attached to an aromatic ring is 1. The summed E-state index contributed by atoms with van der Waals surface area (Å²) in [7, 11) is 1.69. The Morgan fingerprint density at radius 3 is 2.92 bits per heavy atom. The van der Waals surface area contributed by atoms with Crippen LogP contribution in [0.15, 0.2) is 0 Å². The highest BCUT2D eigenvalue weighted by Gasteiger charge is 2.02. The molecule has 4 N–H and O–H groups in total. The summed E-state index contributed by atoms with van der Waals surface area (Å²) in [5, 5.41) is 3.12. The zero-order valence-corrected chi connectivity index (χ0v) is 8.05. The highest BCUT2D eigenvalue weighted by Crippen LogP contribution is 2.13. The molecule has 0 saturated heterocycles. The summed E-state index contributed by atoms with van der Waals surface area (Å²) >= 11 is 0. The summed E-state index contributed by atoms with van der Waals surface area (Å²) in [6, 6.07) is 0. The molecule has 1 heterocycles. The molecule has 0 aliphatic heterocycles. The van der Waals surface area contributed by atoms with Gasteiger partial charge in [0.25, 0.3) is 0 Å². The molecule has 0 aliphatic rings. The van der Waals surface area contributed by atoms with Gasteiger partial charge in [0.05, 0.1) is 0 Å². The van der Waals surface area contributed by atoms with Crippen molar-refractivity contribution in [3.8, 4) is 0 Å². The minimum Gasteiger partial charge on any atom is -0.385 e. The Labute approximate surface area is 77.7 Å². The van der Waals surface area contributed by atoms with Gasteiger partial charge in [-0.2, -0.15) is 0 Å². The number of hydrogen-bond donors (Lipinski definition) is 3. The molecule has 1 aromatic rings. The molecule has 0 saturated carbocycles. The number of aromatic amines is 1. The van der Waals surface area contributed by atoms with Crippen LogP contribution in [0.2, 0.25) is 0 Å². The van der Waals surface area contributed by atoms with E-state index >= 15 is 0 Å². The lowest BCUT2D eigenvalue weighted by Gasteiger charge is -2.02. The smallest absolute Gasteiger partial charge is 0.168 e. The number of nitrogens with zero attached hydrogens (tertiary/aromatic N) is 1. The molecule has 0 aliphatic carbocycles. The molecule has 74 valence electrons. The lowest BCUT2D eigenvalue weighted by Crippen LogP contribution is -2.06. The van der Waals surface area contributed by atoms with Crippen molar-refractivity contribution in [2.45, 2.75) is 13.3 Å². The van der Waals surface area contributed by atoms with E-state index in [4.69, 9.17) is 10.5 Å². The molecule has 5 nitrogen and oxygen atoms in total. The first-order chi connectivity index (χ1) is 6.24. The number of aromatic nitrogens is 2. The second-order valence-corrected chi connectivity index (χ2v) is 2.86. The number of imidazole rings is 1. The zero-order valence-electron chi connectivity index (χ0n) is 8.05. The average Bonchev–Trinajstić information content (AvgIpc) is 2.39. The van der Waals surface area contributed by atoms with E-state index < -0.39 is 0 Å². The van der Waals surface area contributed by atoms with Crippen molar-refractivity contribution in [3.63, 3.8) is 0 Å². The fraction of sp³-hybridized carbons (Fsp3) is 0.625. The predicted molar refractivity (Wildman–Crippen MR) is 52.7 cm³/mol. The Balaban J connectivity index is 2.32. The molecule has 5 heteroatoms. The van der Waals surface area contributed by atoms with Crippen LogP contribution in [-0.2, 0) is 4.74 Å². The number of nitrogens with one attached hydrogen (secondary N) is 2. The summed E-state index contributed by atoms with van der Waals surface area (Å²) in [5.74, 6) is 2.15. The highest BCUT2D eigenvalue weighted by atomic mass is 16.5. The standard InChI is InChI=1S/C8H16N4O/c1-6-11-7(9)8(12-6)10-4-3-5-13-2/h10H,3-5,9H2,1-2H3,(H,11,12). The summed E-state index contributed by atoms with van der Waals surface area (Å²) in [6.45, 7) is 3.44. The summed E-state index contributed by atoms with van der Waals surface area (Å²) < 4.78 is 4.92. The van der Waals surface area contributed by atoms with E-state index in [9.17, 15) is 0 Å². The van der Waals surface area contributed by atoms with Crippen molar-refractivity contribution >= 4 is 11.6 Å². The lowest BCUT2D eigenvalue weighted by molar-refractivity contribution is 0.198. The molecule has 0 atom stereocenters. The first-order valence-corrected chi connectivity index (χ1v) is 4.29. The van der Waals surface area contributed by atoms with Gasteiger partial charge in [-0.3, -0.25) is 0 Å². The maximum absolute atomic E-state index is 5.64. The molecular formula is C8H16N4O. The third-order valence-corrected chi connectivity index (χ3v) is 1.67. The van der Waals surface area contributed by atoms with E-state index in [1.165, 1.54) is 0 Å². The molecule has 13 heavy (non-hydrogen) atoms. The molecule has 0 fully saturated rings. The number of hydrogen-bond acceptors (Lipinski definition) is 4. The van der Waals surface area contributed by atoms with Gasteiger partial charge in [0.15, 0.2) is 5.82 Å². The number of H-pyrrole nitrogens is 1. The van der Waals surface area contributed by atoms with Gasteiger partial charge in [-0.25, -0.2) is 4.98 Å². The van der Waals surface area contributed by atoms with Gasteiger partial charge in [0, 0.05) is 20.3 Å². The van der Waals surface area contributed by atoms with Crippen LogP contribution >= 0.6 is 0 Å². The molecule has 1 aromatic heterocycles. The molecule has 0 aromatic carbocycles. The lowest BCUT2D eigenvalue weighted by atomic mass is 10.4. The van der Waals surface area contributed by atoms with Crippen LogP contribution in [0.1, 0.15) is 12.2 Å². The van der Waals surface area contributed by atoms with Crippen molar-refractivity contribution < 1.29 is 4.74 Å². The third-order valence-electron chi connectivity index (χ3n) is 1.67. The molecular weight excluding hydrogens is 168 g/mol. The summed E-state index contributed by atoms with van der Waals surface area (Å²) in [6.07, 6.45) is 0.946. The van der Waals surface area contributed by atoms with Crippen molar-refractivity contribution in [2.24, 2.45) is 0 Å². The van der Waals surface area contributed by atoms with Crippen molar-refractivity contribution in [1.82, 2.24) is 9.97 Å². The van der Waals surface area contributed by atoms with E-state index in [1.807, 2.05) is 6.92 Å². The normalized spacial score (nSPS) is 10.3. The first kappa shape index (κ1) is 9.85. The van der Waals surface area contributed by atoms with Crippen molar-refractivity contribution in [1.29, 1.82) is 0 Å². The summed E-state index contributed by atoms with van der Waals surface area (Å²) in [4.78, 5) is 7.10. The van der Waals surface area contributed by atoms with E-state index in [0.717, 1.165) is 31.2 Å². The molecule has 0 radical (unpaired) electrons. The largest absolute Gasteiger partial charge is 0.385 e. The van der Waals surface area contributed by atoms with Crippen LogP contribution in [0, 0.1) is 6.92 Å². The molecule has 0 bridgehead atoms. The Kier molecular flexibility index (Phi) is 3.57. The number of anilines is 2. The van der Waals surface area contributed by atoms with Crippen LogP contribution < -0.4 is 11.1 Å². The first-order valence-electron chi connectivity index (χ1n) is 4.29. The van der Waals surface area contributed by atoms with Crippen LogP contribution in [0.4, 0.5) is 11.6 Å². The van der Waals surface area contributed by atoms with E-state index in [2.05, 4.69) is 15.3 Å². The van der Waals surface area contributed by atoms with Crippen LogP contribution in [0.25, 0.3) is 0 Å². The number of nitrogens with two attached hydrogens (primary N) is 1. The fourth-order valence-electron chi connectivity index (χ4n) is 1.07. The monoisotopic (exact) mass is 184 g/mol. The minimum atomic E-state index is 0.593. The van der Waals surface area contributed by atoms with Gasteiger partial charge in [0.2, 0.25) is 0 Å². The van der Waals surface area contributed by atoms with Gasteiger partial charge in [-0.1, -0.05) is 0 Å². The SMILES string of the molecule is COCCCNc1nc(C)[nH]c1N. The van der Waals surface area contributed by atoms with Gasteiger partial charge in [0.1, 0.15) is 11.6 Å². The second kappa shape index (κ2) is 4.71. The maximum Gasteiger partial charge on any atom is 0.168 e. The molecule has 0 amide bonds. The molecule has 1 rings (SSSR count). The quantitative estimate of drug-likeness (QED) is 0.590. The topological polar surface area (TPSA) is 76.0 Å². The third kappa shape index (κ3) is 2.95. The highest BCUT2D eigenvalue weighted by molar-refractivity contribution is 5.56. The van der Waals surface area contributed by atoms with Crippen LogP contribution in [-0.4, -0.2) is 30.2 Å². The van der Waals surface area contributed by atoms with E-state index in [1.54, 1.807) is 7.11 Å². The number of methoxy groups -OCH3 is 1. The van der Waals surface area contributed by atoms with E-state index in [0.29, 0.717) is 5.82 Å². The van der Waals surface area contributed by atoms with Crippen LogP contribution in [0.3, 0.4) is 0 Å². The average molecular weight is 184 g/mol. The second-order valence-electron chi connectivity index (χ2n) is 2.86. The van der Waals surface area contributed by atoms with Crippen molar-refractivity contribution in [2.75, 3.05) is 31.3 Å².